The van der Waals surface area contributed by atoms with Crippen molar-refractivity contribution in [3.05, 3.63) is 189 Å². The van der Waals surface area contributed by atoms with Crippen molar-refractivity contribution in [1.29, 1.82) is 0 Å². The summed E-state index contributed by atoms with van der Waals surface area (Å²) in [5.41, 5.74) is 7.37. The number of hydrogen-bond acceptors (Lipinski definition) is 14. The van der Waals surface area contributed by atoms with Gasteiger partial charge in [-0.3, -0.25) is 4.79 Å². The number of rotatable bonds is 9. The molecule has 3 saturated carbocycles. The van der Waals surface area contributed by atoms with Gasteiger partial charge in [0.25, 0.3) is 0 Å². The van der Waals surface area contributed by atoms with Gasteiger partial charge in [0, 0.05) is 70.4 Å². The number of benzene rings is 6. The average Bonchev–Trinajstić information content (AvgIpc) is 0.752. The summed E-state index contributed by atoms with van der Waals surface area (Å²) in [7, 11) is 8.23. The van der Waals surface area contributed by atoms with Crippen LogP contribution in [0.1, 0.15) is 143 Å². The number of aromatic nitrogens is 1. The number of carbonyl (C=O) groups is 1. The van der Waals surface area contributed by atoms with Gasteiger partial charge in [-0.25, -0.2) is 0 Å². The Morgan fingerprint density at radius 3 is 2.43 bits per heavy atom. The lowest BCUT2D eigenvalue weighted by atomic mass is 9.47. The lowest BCUT2D eigenvalue weighted by Gasteiger charge is -2.62. The van der Waals surface area contributed by atoms with Gasteiger partial charge in [-0.15, -0.1) is 0 Å². The van der Waals surface area contributed by atoms with Crippen LogP contribution in [0.25, 0.3) is 16.8 Å². The van der Waals surface area contributed by atoms with E-state index < -0.39 is 46.8 Å². The van der Waals surface area contributed by atoms with Crippen molar-refractivity contribution in [2.45, 2.75) is 144 Å². The van der Waals surface area contributed by atoms with Crippen molar-refractivity contribution < 1.29 is 44.9 Å². The minimum atomic E-state index is -1.78. The van der Waals surface area contributed by atoms with Crippen molar-refractivity contribution in [3.8, 4) is 28.7 Å². The minimum absolute atomic E-state index is 0.00447. The van der Waals surface area contributed by atoms with Gasteiger partial charge < -0.3 is 50.4 Å². The first kappa shape index (κ1) is 62.9. The number of hydrogen-bond donors (Lipinski definition) is 8. The van der Waals surface area contributed by atoms with Crippen LogP contribution in [0.5, 0.6) is 28.7 Å². The van der Waals surface area contributed by atoms with Crippen LogP contribution in [0.4, 0.5) is 0 Å². The molecular formula is C76H86N2O9S4. The van der Waals surface area contributed by atoms with Crippen LogP contribution in [-0.4, -0.2) is 97.2 Å². The fraction of sp³-hybridized carbons (Fsp3) is 0.461. The molecule has 4 heterocycles. The number of phenolic OH excluding ortho intramolecular Hbond substituents is 3. The molecule has 11 nitrogen and oxygen atoms in total. The van der Waals surface area contributed by atoms with E-state index in [0.717, 1.165) is 144 Å². The van der Waals surface area contributed by atoms with Crippen LogP contribution in [0.15, 0.2) is 128 Å². The molecule has 13 unspecified atom stereocenters. The summed E-state index contributed by atoms with van der Waals surface area (Å²) in [5.74, 6) is -0.332. The first-order valence-electron chi connectivity index (χ1n) is 33.3. The van der Waals surface area contributed by atoms with Gasteiger partial charge in [0.15, 0.2) is 28.8 Å². The van der Waals surface area contributed by atoms with E-state index in [1.54, 1.807) is 68.5 Å². The number of methoxy groups -OCH3 is 1. The summed E-state index contributed by atoms with van der Waals surface area (Å²) in [4.78, 5) is 21.3. The van der Waals surface area contributed by atoms with Gasteiger partial charge in [0.1, 0.15) is 11.9 Å². The monoisotopic (exact) mass is 1300 g/mol. The van der Waals surface area contributed by atoms with E-state index >= 15 is 4.79 Å². The number of carbonyl (C=O) groups excluding carboxylic acids is 1. The molecule has 4 fully saturated rings. The third-order valence-electron chi connectivity index (χ3n) is 22.7. The fourth-order valence-electron chi connectivity index (χ4n) is 18.4. The van der Waals surface area contributed by atoms with Crippen molar-refractivity contribution in [3.63, 3.8) is 0 Å². The van der Waals surface area contributed by atoms with Crippen LogP contribution >= 0.6 is 43.2 Å². The van der Waals surface area contributed by atoms with E-state index in [4.69, 9.17) is 9.47 Å². The Bertz CT molecular complexity index is 3820. The number of ketones is 1. The Hall–Kier alpha value is -5.49. The number of Topliss-reactive ketones (excluding diaryl/α,β-unsaturated/α-hetero) is 1. The Morgan fingerprint density at radius 2 is 1.60 bits per heavy atom. The number of aliphatic hydroxyl groups excluding tert-OH is 3. The second kappa shape index (κ2) is 26.4. The van der Waals surface area contributed by atoms with Gasteiger partial charge in [-0.2, -0.15) is 0 Å². The number of H-pyrrole nitrogens is 1. The predicted octanol–water partition coefficient (Wildman–Crippen LogP) is 14.9. The maximum absolute atomic E-state index is 18.0. The molecule has 13 atom stereocenters. The Kier molecular flexibility index (Phi) is 18.2. The van der Waals surface area contributed by atoms with Crippen molar-refractivity contribution in [2.75, 3.05) is 37.5 Å². The van der Waals surface area contributed by atoms with E-state index in [1.165, 1.54) is 5.56 Å². The van der Waals surface area contributed by atoms with Gasteiger partial charge in [-0.05, 0) is 193 Å². The lowest BCUT2D eigenvalue weighted by Crippen LogP contribution is -2.65. The third-order valence-corrected chi connectivity index (χ3v) is 28.1. The number of piperidine rings is 1. The largest absolute Gasteiger partial charge is 0.507 e. The van der Waals surface area contributed by atoms with Crippen LogP contribution in [0.3, 0.4) is 0 Å². The number of aryl methyl sites for hydroxylation is 1. The molecule has 478 valence electrons. The molecule has 0 radical (unpaired) electrons. The minimum Gasteiger partial charge on any atom is -0.507 e. The van der Waals surface area contributed by atoms with E-state index in [0.29, 0.717) is 47.8 Å². The van der Waals surface area contributed by atoms with Gasteiger partial charge >= 0.3 is 0 Å². The second-order valence-electron chi connectivity index (χ2n) is 27.2. The van der Waals surface area contributed by atoms with Crippen LogP contribution in [-0.2, 0) is 47.9 Å². The zero-order valence-electron chi connectivity index (χ0n) is 52.2. The normalized spacial score (nSPS) is 30.9. The first-order valence-corrected chi connectivity index (χ1v) is 38.2. The molecule has 1 aromatic heterocycles. The quantitative estimate of drug-likeness (QED) is 0.0639. The Morgan fingerprint density at radius 1 is 0.769 bits per heavy atom. The molecule has 4 aliphatic carbocycles. The number of nitrogens with one attached hydrogen (secondary N) is 2. The van der Waals surface area contributed by atoms with Crippen LogP contribution in [0, 0.1) is 35.0 Å². The number of ether oxygens (including phenoxy) is 2. The highest BCUT2D eigenvalue weighted by atomic mass is 33.1. The summed E-state index contributed by atoms with van der Waals surface area (Å²) in [5, 5.41) is 82.6. The zero-order valence-corrected chi connectivity index (χ0v) is 55.4. The lowest BCUT2D eigenvalue weighted by molar-refractivity contribution is -0.150. The number of aromatic amines is 1. The highest BCUT2D eigenvalue weighted by molar-refractivity contribution is 8.77. The number of fused-ring (bicyclic) bond motifs is 6. The van der Waals surface area contributed by atoms with Crippen molar-refractivity contribution in [1.82, 2.24) is 10.3 Å². The topological polar surface area (TPSA) is 185 Å². The molecule has 3 aliphatic heterocycles. The fourth-order valence-corrected chi connectivity index (χ4v) is 24.1. The number of aliphatic hydroxyl groups is 3. The third kappa shape index (κ3) is 11.1. The average molecular weight is 1300 g/mol. The molecule has 14 rings (SSSR count). The summed E-state index contributed by atoms with van der Waals surface area (Å²) in [6, 6.07) is 36.6. The predicted molar refractivity (Wildman–Crippen MR) is 371 cm³/mol. The van der Waals surface area contributed by atoms with Crippen molar-refractivity contribution >= 4 is 65.8 Å². The number of phenols is 3. The second-order valence-corrected chi connectivity index (χ2v) is 32.4. The van der Waals surface area contributed by atoms with Gasteiger partial charge in [0.05, 0.1) is 42.1 Å². The van der Waals surface area contributed by atoms with E-state index in [-0.39, 0.29) is 64.7 Å². The molecule has 6 aromatic carbocycles. The Balaban J connectivity index is 0.981. The molecule has 15 heteroatoms. The molecule has 0 spiro atoms. The maximum Gasteiger partial charge on any atom is 0.164 e. The molecule has 0 amide bonds. The zero-order chi connectivity index (χ0) is 62.6. The highest BCUT2D eigenvalue weighted by Gasteiger charge is 2.64. The molecule has 2 bridgehead atoms. The van der Waals surface area contributed by atoms with Gasteiger partial charge in [-0.1, -0.05) is 154 Å². The molecule has 7 aromatic rings. The highest BCUT2D eigenvalue weighted by Crippen LogP contribution is 2.65. The SMILES string of the molecule is CCc1ccc2cccc3c2c1Cc1c(ccc(O)c1OC)CC(Cc1cc[nH]c1)C(O)C1C(=O)C(c2cc(O)c4c(c2)C25CCCC(Cc6ccccc6)C2(C=C4)CCCN5)(C2CSSCC4CCCCC4Oc4cc2ccc4O)C(O)CC1CSSC3CO. The number of aromatic hydroxyl groups is 3. The van der Waals surface area contributed by atoms with E-state index in [1.807, 2.05) is 42.7 Å². The Labute approximate surface area is 551 Å². The molecule has 7 aliphatic rings. The van der Waals surface area contributed by atoms with Crippen LogP contribution < -0.4 is 14.8 Å². The molecule has 91 heavy (non-hydrogen) atoms. The van der Waals surface area contributed by atoms with Crippen LogP contribution in [0.2, 0.25) is 0 Å². The molecule has 1 saturated heterocycles. The summed E-state index contributed by atoms with van der Waals surface area (Å²) in [6.45, 7) is 2.78. The summed E-state index contributed by atoms with van der Waals surface area (Å²) < 4.78 is 13.1. The molecular weight excluding hydrogens is 1210 g/mol. The van der Waals surface area contributed by atoms with Gasteiger partial charge in [0.2, 0.25) is 0 Å². The molecule has 8 N–H and O–H groups in total. The smallest absolute Gasteiger partial charge is 0.164 e. The standard InChI is InChI=1S/C76H86N2O9S4/c1-3-47-19-20-48-15-9-17-57-67(41-79)91-90-43-53-36-68(83)76(61-44-89-88-42-51-14-7-8-18-65(51)87-66-35-50(61)22-23-62(66)80,55-37-60-56(64(82)38-55)25-29-74-27-11-30-78-75(60,74)28-10-16-54(74)33-45-12-5-4-6-13-45)73(85)70(53)71(84)52(32-46-26-31-77-40-46)34-49-21-24-63(81)72(86-2)59(49)39-58(47)69(48)57/h4-6,9,12-13,15,17,19-26,29,31,35,37-38,40,51-54,61,65,67-68,70-71,77-84H,3,7-8,10-11,14,16,18,27-28,30,32-34,36,39,41-44H2,1-2H3. The first-order chi connectivity index (χ1) is 44.4. The van der Waals surface area contributed by atoms with E-state index in [2.05, 4.69) is 90.0 Å². The van der Waals surface area contributed by atoms with E-state index in [9.17, 15) is 30.6 Å². The summed E-state index contributed by atoms with van der Waals surface area (Å²) in [6.07, 6.45) is 17.4. The summed E-state index contributed by atoms with van der Waals surface area (Å²) >= 11 is 0. The maximum atomic E-state index is 18.0. The van der Waals surface area contributed by atoms with Crippen molar-refractivity contribution in [2.24, 2.45) is 35.0 Å².